The molecule has 0 bridgehead atoms. The monoisotopic (exact) mass is 410 g/mol. The molecule has 0 radical (unpaired) electrons. The molecule has 0 aliphatic carbocycles. The topological polar surface area (TPSA) is 91.4 Å². The van der Waals surface area contributed by atoms with Crippen LogP contribution in [0.25, 0.3) is 0 Å². The summed E-state index contributed by atoms with van der Waals surface area (Å²) in [6.45, 7) is 12.4. The minimum absolute atomic E-state index is 0.0184. The fourth-order valence-electron chi connectivity index (χ4n) is 2.34. The second-order valence-electron chi connectivity index (χ2n) is 8.02. The van der Waals surface area contributed by atoms with Crippen molar-refractivity contribution in [1.82, 2.24) is 3.97 Å². The van der Waals surface area contributed by atoms with Crippen LogP contribution >= 0.6 is 0 Å². The van der Waals surface area contributed by atoms with Gasteiger partial charge in [0.05, 0.1) is 17.2 Å². The molecule has 1 aromatic heterocycles. The maximum atomic E-state index is 13.1. The average Bonchev–Trinajstić information content (AvgIpc) is 2.93. The van der Waals surface area contributed by atoms with Gasteiger partial charge >= 0.3 is 0 Å². The summed E-state index contributed by atoms with van der Waals surface area (Å²) < 4.78 is 33.5. The maximum Gasteiger partial charge on any atom is 0.289 e. The van der Waals surface area contributed by atoms with Gasteiger partial charge in [0.25, 0.3) is 15.7 Å². The summed E-state index contributed by atoms with van der Waals surface area (Å²) in [5.41, 5.74) is 0.800. The van der Waals surface area contributed by atoms with Crippen molar-refractivity contribution in [3.63, 3.8) is 0 Å². The van der Waals surface area contributed by atoms with Gasteiger partial charge < -0.3 is 4.43 Å². The Balaban J connectivity index is 2.49. The Bertz CT molecular complexity index is 958. The predicted octanol–water partition coefficient (Wildman–Crippen LogP) is 4.46. The summed E-state index contributed by atoms with van der Waals surface area (Å²) in [6.07, 6.45) is 1.42. The van der Waals surface area contributed by atoms with Gasteiger partial charge in [0, 0.05) is 12.3 Å². The Kier molecular flexibility index (Phi) is 5.70. The molecule has 2 rings (SSSR count). The van der Waals surface area contributed by atoms with Crippen LogP contribution in [0.1, 0.15) is 32.0 Å². The van der Waals surface area contributed by atoms with Gasteiger partial charge in [-0.1, -0.05) is 32.9 Å². The van der Waals surface area contributed by atoms with Gasteiger partial charge in [0.2, 0.25) is 0 Å². The molecule has 0 saturated carbocycles. The molecule has 0 saturated heterocycles. The molecule has 0 fully saturated rings. The minimum atomic E-state index is -4.12. The number of benzene rings is 1. The van der Waals surface area contributed by atoms with Crippen molar-refractivity contribution in [2.24, 2.45) is 0 Å². The molecular formula is C18H26N2O5SSi. The third kappa shape index (κ3) is 4.15. The van der Waals surface area contributed by atoms with E-state index in [1.807, 2.05) is 0 Å². The Morgan fingerprint density at radius 3 is 2.33 bits per heavy atom. The number of hydrogen-bond donors (Lipinski definition) is 0. The van der Waals surface area contributed by atoms with Gasteiger partial charge in [-0.25, -0.2) is 12.4 Å². The third-order valence-electron chi connectivity index (χ3n) is 5.16. The van der Waals surface area contributed by atoms with Crippen molar-refractivity contribution >= 4 is 24.0 Å². The van der Waals surface area contributed by atoms with Crippen LogP contribution in [0.3, 0.4) is 0 Å². The van der Waals surface area contributed by atoms with E-state index in [9.17, 15) is 18.5 Å². The first-order valence-corrected chi connectivity index (χ1v) is 12.9. The number of hydrogen-bond acceptors (Lipinski definition) is 5. The lowest BCUT2D eigenvalue weighted by Gasteiger charge is -2.36. The van der Waals surface area contributed by atoms with E-state index in [1.54, 1.807) is 13.0 Å². The molecule has 0 N–H and O–H groups in total. The van der Waals surface area contributed by atoms with E-state index < -0.39 is 29.0 Å². The predicted molar refractivity (Wildman–Crippen MR) is 107 cm³/mol. The molecule has 7 nitrogen and oxygen atoms in total. The zero-order valence-electron chi connectivity index (χ0n) is 16.5. The first-order chi connectivity index (χ1) is 12.3. The van der Waals surface area contributed by atoms with Crippen molar-refractivity contribution in [3.05, 3.63) is 57.9 Å². The Labute approximate surface area is 161 Å². The molecule has 1 heterocycles. The van der Waals surface area contributed by atoms with Gasteiger partial charge in [-0.15, -0.1) is 0 Å². The molecule has 2 aromatic rings. The molecule has 0 spiro atoms. The smallest absolute Gasteiger partial charge is 0.289 e. The second-order valence-corrected chi connectivity index (χ2v) is 14.6. The van der Waals surface area contributed by atoms with E-state index in [4.69, 9.17) is 4.43 Å². The highest BCUT2D eigenvalue weighted by Crippen LogP contribution is 2.37. The van der Waals surface area contributed by atoms with Crippen molar-refractivity contribution in [2.45, 2.75) is 57.3 Å². The van der Waals surface area contributed by atoms with E-state index in [0.29, 0.717) is 5.69 Å². The SMILES string of the molecule is Cc1ccn(S(=O)(=O)c2ccccc2[N+](=O)[O-])c1CO[Si](C)(C)C(C)(C)C. The van der Waals surface area contributed by atoms with Crippen molar-refractivity contribution in [3.8, 4) is 0 Å². The van der Waals surface area contributed by atoms with E-state index in [2.05, 4.69) is 33.9 Å². The summed E-state index contributed by atoms with van der Waals surface area (Å²) in [6, 6.07) is 7.04. The summed E-state index contributed by atoms with van der Waals surface area (Å²) in [4.78, 5) is 10.3. The third-order valence-corrected chi connectivity index (χ3v) is 11.4. The normalized spacial score (nSPS) is 13.0. The molecule has 0 aliphatic rings. The molecule has 0 atom stereocenters. The highest BCUT2D eigenvalue weighted by Gasteiger charge is 2.38. The lowest BCUT2D eigenvalue weighted by Crippen LogP contribution is -2.40. The van der Waals surface area contributed by atoms with Crippen molar-refractivity contribution in [2.75, 3.05) is 0 Å². The van der Waals surface area contributed by atoms with Crippen LogP contribution in [0.15, 0.2) is 41.4 Å². The van der Waals surface area contributed by atoms with E-state index in [0.717, 1.165) is 9.54 Å². The van der Waals surface area contributed by atoms with Crippen LogP contribution in [0.5, 0.6) is 0 Å². The molecule has 148 valence electrons. The summed E-state index contributed by atoms with van der Waals surface area (Å²) >= 11 is 0. The zero-order chi connectivity index (χ0) is 20.6. The molecule has 0 unspecified atom stereocenters. The summed E-state index contributed by atoms with van der Waals surface area (Å²) in [5, 5.41) is 11.3. The molecular weight excluding hydrogens is 384 g/mol. The first kappa shape index (κ1) is 21.3. The minimum Gasteiger partial charge on any atom is -0.411 e. The van der Waals surface area contributed by atoms with Crippen molar-refractivity contribution in [1.29, 1.82) is 0 Å². The highest BCUT2D eigenvalue weighted by atomic mass is 32.2. The van der Waals surface area contributed by atoms with Crippen LogP contribution < -0.4 is 0 Å². The number of nitrogens with zero attached hydrogens (tertiary/aromatic N) is 2. The number of para-hydroxylation sites is 1. The van der Waals surface area contributed by atoms with Gasteiger partial charge in [-0.3, -0.25) is 10.1 Å². The van der Waals surface area contributed by atoms with Crippen LogP contribution in [-0.2, 0) is 21.1 Å². The summed E-state index contributed by atoms with van der Waals surface area (Å²) in [7, 11) is -6.21. The Hall–Kier alpha value is -1.97. The largest absolute Gasteiger partial charge is 0.411 e. The Morgan fingerprint density at radius 1 is 1.19 bits per heavy atom. The lowest BCUT2D eigenvalue weighted by atomic mass is 10.2. The Morgan fingerprint density at radius 2 is 1.78 bits per heavy atom. The van der Waals surface area contributed by atoms with Gasteiger partial charge in [-0.2, -0.15) is 0 Å². The van der Waals surface area contributed by atoms with E-state index in [-0.39, 0.29) is 16.5 Å². The van der Waals surface area contributed by atoms with Gasteiger partial charge in [0.15, 0.2) is 13.2 Å². The number of aryl methyl sites for hydroxylation is 1. The maximum absolute atomic E-state index is 13.1. The molecule has 27 heavy (non-hydrogen) atoms. The highest BCUT2D eigenvalue weighted by molar-refractivity contribution is 7.90. The fraction of sp³-hybridized carbons (Fsp3) is 0.444. The van der Waals surface area contributed by atoms with Gasteiger partial charge in [0.1, 0.15) is 0 Å². The fourth-order valence-corrected chi connectivity index (χ4v) is 4.85. The number of nitro benzene ring substituents is 1. The van der Waals surface area contributed by atoms with Crippen LogP contribution in [0.2, 0.25) is 18.1 Å². The van der Waals surface area contributed by atoms with Crippen LogP contribution in [-0.4, -0.2) is 25.6 Å². The molecule has 0 aliphatic heterocycles. The van der Waals surface area contributed by atoms with Crippen LogP contribution in [0, 0.1) is 17.0 Å². The molecule has 9 heteroatoms. The van der Waals surface area contributed by atoms with Crippen LogP contribution in [0.4, 0.5) is 5.69 Å². The summed E-state index contributed by atoms with van der Waals surface area (Å²) in [5.74, 6) is 0. The molecule has 1 aromatic carbocycles. The zero-order valence-corrected chi connectivity index (χ0v) is 18.3. The van der Waals surface area contributed by atoms with Gasteiger partial charge in [-0.05, 0) is 42.8 Å². The van der Waals surface area contributed by atoms with E-state index >= 15 is 0 Å². The second kappa shape index (κ2) is 7.21. The number of nitro groups is 1. The average molecular weight is 411 g/mol. The lowest BCUT2D eigenvalue weighted by molar-refractivity contribution is -0.387. The number of rotatable bonds is 6. The number of aromatic nitrogens is 1. The standard InChI is InChI=1S/C18H26N2O5SSi/c1-14-11-12-19(16(14)13-25-27(5,6)18(2,3)4)26(23,24)17-10-8-7-9-15(17)20(21)22/h7-12H,13H2,1-6H3. The molecule has 0 amide bonds. The first-order valence-electron chi connectivity index (χ1n) is 8.59. The van der Waals surface area contributed by atoms with Crippen molar-refractivity contribution < 1.29 is 17.8 Å². The quantitative estimate of drug-likeness (QED) is 0.398. The van der Waals surface area contributed by atoms with E-state index in [1.165, 1.54) is 30.5 Å².